The molecule has 2 nitrogen and oxygen atoms in total. The van der Waals surface area contributed by atoms with Crippen LogP contribution in [-0.4, -0.2) is 11.0 Å². The molecule has 92 valence electrons. The molecule has 1 aromatic carbocycles. The predicted octanol–water partition coefficient (Wildman–Crippen LogP) is 3.65. The number of hydrogen-bond acceptors (Lipinski definition) is 2. The normalized spacial score (nSPS) is 14.7. The first-order chi connectivity index (χ1) is 8.83. The Morgan fingerprint density at radius 2 is 1.94 bits per heavy atom. The molecule has 0 radical (unpaired) electrons. The van der Waals surface area contributed by atoms with E-state index in [-0.39, 0.29) is 0 Å². The lowest BCUT2D eigenvalue weighted by atomic mass is 10.0. The molecule has 1 aromatic heterocycles. The molecule has 1 aliphatic rings. The molecule has 2 aromatic rings. The average molecular weight is 259 g/mol. The molecular weight excluding hydrogens is 244 g/mol. The second kappa shape index (κ2) is 5.09. The van der Waals surface area contributed by atoms with Crippen LogP contribution in [0.2, 0.25) is 5.02 Å². The fourth-order valence-electron chi connectivity index (χ4n) is 1.98. The van der Waals surface area contributed by atoms with Crippen molar-refractivity contribution in [1.82, 2.24) is 10.3 Å². The highest BCUT2D eigenvalue weighted by atomic mass is 35.5. The van der Waals surface area contributed by atoms with Crippen molar-refractivity contribution in [2.75, 3.05) is 0 Å². The van der Waals surface area contributed by atoms with E-state index in [1.165, 1.54) is 18.4 Å². The summed E-state index contributed by atoms with van der Waals surface area (Å²) in [6.07, 6.45) is 6.19. The van der Waals surface area contributed by atoms with Crippen LogP contribution in [0.25, 0.3) is 11.1 Å². The number of nitrogens with one attached hydrogen (secondary N) is 1. The Kier molecular flexibility index (Phi) is 3.31. The largest absolute Gasteiger partial charge is 0.310 e. The fourth-order valence-corrected chi connectivity index (χ4v) is 2.30. The summed E-state index contributed by atoms with van der Waals surface area (Å²) in [4.78, 5) is 4.02. The summed E-state index contributed by atoms with van der Waals surface area (Å²) in [6, 6.07) is 10.9. The summed E-state index contributed by atoms with van der Waals surface area (Å²) in [5.41, 5.74) is 3.41. The number of rotatable bonds is 4. The van der Waals surface area contributed by atoms with Gasteiger partial charge in [0.1, 0.15) is 0 Å². The lowest BCUT2D eigenvalue weighted by Gasteiger charge is -2.08. The smallest absolute Gasteiger partial charge is 0.0487 e. The van der Waals surface area contributed by atoms with Gasteiger partial charge in [-0.15, -0.1) is 0 Å². The highest BCUT2D eigenvalue weighted by Crippen LogP contribution is 2.28. The number of aromatic nitrogens is 1. The van der Waals surface area contributed by atoms with Crippen molar-refractivity contribution >= 4 is 11.6 Å². The van der Waals surface area contributed by atoms with Gasteiger partial charge in [-0.3, -0.25) is 4.98 Å². The summed E-state index contributed by atoms with van der Waals surface area (Å²) in [7, 11) is 0. The molecule has 1 fully saturated rings. The van der Waals surface area contributed by atoms with Crippen molar-refractivity contribution in [3.8, 4) is 11.1 Å². The van der Waals surface area contributed by atoms with Crippen LogP contribution in [0.3, 0.4) is 0 Å². The minimum absolute atomic E-state index is 0.726. The van der Waals surface area contributed by atoms with Gasteiger partial charge in [-0.25, -0.2) is 0 Å². The molecule has 18 heavy (non-hydrogen) atoms. The third-order valence-electron chi connectivity index (χ3n) is 3.20. The molecule has 0 atom stereocenters. The van der Waals surface area contributed by atoms with E-state index in [0.29, 0.717) is 0 Å². The van der Waals surface area contributed by atoms with Gasteiger partial charge in [-0.05, 0) is 42.2 Å². The van der Waals surface area contributed by atoms with Crippen molar-refractivity contribution in [1.29, 1.82) is 0 Å². The van der Waals surface area contributed by atoms with Gasteiger partial charge < -0.3 is 5.32 Å². The zero-order chi connectivity index (χ0) is 12.4. The summed E-state index contributed by atoms with van der Waals surface area (Å²) >= 11 is 6.35. The van der Waals surface area contributed by atoms with E-state index >= 15 is 0 Å². The third kappa shape index (κ3) is 2.71. The molecular formula is C15H15ClN2. The van der Waals surface area contributed by atoms with Crippen LogP contribution in [0.1, 0.15) is 18.4 Å². The van der Waals surface area contributed by atoms with E-state index in [4.69, 9.17) is 11.6 Å². The maximum absolute atomic E-state index is 6.35. The topological polar surface area (TPSA) is 24.9 Å². The van der Waals surface area contributed by atoms with Crippen LogP contribution < -0.4 is 5.32 Å². The Hall–Kier alpha value is -1.38. The van der Waals surface area contributed by atoms with Crippen molar-refractivity contribution in [3.63, 3.8) is 0 Å². The van der Waals surface area contributed by atoms with Crippen LogP contribution in [-0.2, 0) is 6.54 Å². The summed E-state index contributed by atoms with van der Waals surface area (Å²) in [5.74, 6) is 0. The van der Waals surface area contributed by atoms with Crippen LogP contribution in [0.5, 0.6) is 0 Å². The number of hydrogen-bond donors (Lipinski definition) is 1. The van der Waals surface area contributed by atoms with E-state index in [1.54, 1.807) is 12.4 Å². The number of pyridine rings is 1. The molecule has 1 heterocycles. The average Bonchev–Trinajstić information content (AvgIpc) is 3.21. The molecule has 0 spiro atoms. The predicted molar refractivity (Wildman–Crippen MR) is 74.5 cm³/mol. The Bertz CT molecular complexity index is 535. The molecule has 1 N–H and O–H groups in total. The van der Waals surface area contributed by atoms with Gasteiger partial charge in [0.2, 0.25) is 0 Å². The van der Waals surface area contributed by atoms with E-state index in [0.717, 1.165) is 28.7 Å². The Labute approximate surface area is 112 Å². The standard InChI is InChI=1S/C15H15ClN2/c16-15-9-11(10-18-13-2-3-13)1-4-14(15)12-5-7-17-8-6-12/h1,4-9,13,18H,2-3,10H2. The Morgan fingerprint density at radius 3 is 2.61 bits per heavy atom. The van der Waals surface area contributed by atoms with Crippen molar-refractivity contribution in [3.05, 3.63) is 53.3 Å². The van der Waals surface area contributed by atoms with Crippen LogP contribution >= 0.6 is 11.6 Å². The first-order valence-electron chi connectivity index (χ1n) is 6.25. The Morgan fingerprint density at radius 1 is 1.17 bits per heavy atom. The molecule has 3 rings (SSSR count). The molecule has 0 unspecified atom stereocenters. The van der Waals surface area contributed by atoms with Gasteiger partial charge in [0.15, 0.2) is 0 Å². The minimum Gasteiger partial charge on any atom is -0.310 e. The number of halogens is 1. The van der Waals surface area contributed by atoms with Crippen LogP contribution in [0.4, 0.5) is 0 Å². The van der Waals surface area contributed by atoms with Crippen molar-refractivity contribution in [2.24, 2.45) is 0 Å². The highest BCUT2D eigenvalue weighted by Gasteiger charge is 2.19. The maximum atomic E-state index is 6.35. The first kappa shape index (κ1) is 11.7. The van der Waals surface area contributed by atoms with Gasteiger partial charge in [-0.2, -0.15) is 0 Å². The quantitative estimate of drug-likeness (QED) is 0.905. The maximum Gasteiger partial charge on any atom is 0.0487 e. The summed E-state index contributed by atoms with van der Waals surface area (Å²) in [6.45, 7) is 0.904. The lowest BCUT2D eigenvalue weighted by Crippen LogP contribution is -2.15. The Balaban J connectivity index is 1.80. The zero-order valence-electron chi connectivity index (χ0n) is 10.1. The molecule has 3 heteroatoms. The van der Waals surface area contributed by atoms with E-state index < -0.39 is 0 Å². The monoisotopic (exact) mass is 258 g/mol. The van der Waals surface area contributed by atoms with Crippen LogP contribution in [0, 0.1) is 0 Å². The third-order valence-corrected chi connectivity index (χ3v) is 3.51. The van der Waals surface area contributed by atoms with Gasteiger partial charge in [0, 0.05) is 35.6 Å². The highest BCUT2D eigenvalue weighted by molar-refractivity contribution is 6.33. The molecule has 0 aliphatic heterocycles. The second-order valence-electron chi connectivity index (χ2n) is 4.71. The van der Waals surface area contributed by atoms with Gasteiger partial charge in [0.25, 0.3) is 0 Å². The van der Waals surface area contributed by atoms with Crippen molar-refractivity contribution in [2.45, 2.75) is 25.4 Å². The molecule has 1 saturated carbocycles. The van der Waals surface area contributed by atoms with E-state index in [1.807, 2.05) is 18.2 Å². The van der Waals surface area contributed by atoms with Crippen molar-refractivity contribution < 1.29 is 0 Å². The van der Waals surface area contributed by atoms with Gasteiger partial charge in [-0.1, -0.05) is 23.7 Å². The lowest BCUT2D eigenvalue weighted by molar-refractivity contribution is 0.688. The fraction of sp³-hybridized carbons (Fsp3) is 0.267. The van der Waals surface area contributed by atoms with E-state index in [2.05, 4.69) is 22.4 Å². The molecule has 0 bridgehead atoms. The zero-order valence-corrected chi connectivity index (χ0v) is 10.8. The summed E-state index contributed by atoms with van der Waals surface area (Å²) < 4.78 is 0. The minimum atomic E-state index is 0.726. The van der Waals surface area contributed by atoms with Crippen LogP contribution in [0.15, 0.2) is 42.7 Å². The first-order valence-corrected chi connectivity index (χ1v) is 6.63. The van der Waals surface area contributed by atoms with Gasteiger partial charge in [0.05, 0.1) is 0 Å². The number of benzene rings is 1. The number of nitrogens with zero attached hydrogens (tertiary/aromatic N) is 1. The van der Waals surface area contributed by atoms with Gasteiger partial charge >= 0.3 is 0 Å². The molecule has 0 saturated heterocycles. The second-order valence-corrected chi connectivity index (χ2v) is 5.11. The molecule has 1 aliphatic carbocycles. The van der Waals surface area contributed by atoms with E-state index in [9.17, 15) is 0 Å². The SMILES string of the molecule is Clc1cc(CNC2CC2)ccc1-c1ccncc1. The summed E-state index contributed by atoms with van der Waals surface area (Å²) in [5, 5.41) is 4.29. The molecule has 0 amide bonds.